The van der Waals surface area contributed by atoms with Crippen molar-refractivity contribution in [1.29, 1.82) is 0 Å². The van der Waals surface area contributed by atoms with Gasteiger partial charge < -0.3 is 14.4 Å². The van der Waals surface area contributed by atoms with Gasteiger partial charge in [0.25, 0.3) is 0 Å². The van der Waals surface area contributed by atoms with Crippen molar-refractivity contribution >= 4 is 5.76 Å². The minimum atomic E-state index is 0.677. The Kier molecular flexibility index (Phi) is 5.46. The lowest BCUT2D eigenvalue weighted by Crippen LogP contribution is -2.31. The van der Waals surface area contributed by atoms with Gasteiger partial charge in [-0.2, -0.15) is 0 Å². The standard InChI is InChI=1S/C23H28N2O2/c1-24(2)21-12-13-25(15-21)14-18-8-10-20(11-9-18)23-17-26-16-22(27-23)19-6-4-3-5-7-19/h3-4,6,8-11,16-17,21H,5,7,12-15H2,1-2H3. The molecule has 4 rings (SSSR count). The number of rotatable bonds is 5. The fraction of sp³-hybridized carbons (Fsp3) is 0.391. The molecule has 4 heteroatoms. The molecule has 1 fully saturated rings. The molecule has 2 aliphatic heterocycles. The van der Waals surface area contributed by atoms with Gasteiger partial charge in [0.15, 0.2) is 11.5 Å². The lowest BCUT2D eigenvalue weighted by molar-refractivity contribution is 0.264. The Labute approximate surface area is 162 Å². The van der Waals surface area contributed by atoms with Gasteiger partial charge in [0.2, 0.25) is 0 Å². The number of hydrogen-bond acceptors (Lipinski definition) is 4. The average Bonchev–Trinajstić information content (AvgIpc) is 3.18. The van der Waals surface area contributed by atoms with Crippen molar-refractivity contribution in [2.45, 2.75) is 31.8 Å². The van der Waals surface area contributed by atoms with Crippen LogP contribution >= 0.6 is 0 Å². The van der Waals surface area contributed by atoms with Crippen molar-refractivity contribution in [2.75, 3.05) is 27.2 Å². The van der Waals surface area contributed by atoms with Gasteiger partial charge in [0, 0.05) is 31.2 Å². The highest BCUT2D eigenvalue weighted by molar-refractivity contribution is 5.61. The number of likely N-dealkylation sites (tertiary alicyclic amines) is 1. The zero-order chi connectivity index (χ0) is 18.6. The van der Waals surface area contributed by atoms with Crippen molar-refractivity contribution in [3.8, 4) is 0 Å². The van der Waals surface area contributed by atoms with E-state index in [1.54, 1.807) is 12.5 Å². The predicted octanol–water partition coefficient (Wildman–Crippen LogP) is 4.29. The van der Waals surface area contributed by atoms with E-state index in [4.69, 9.17) is 9.47 Å². The molecule has 1 aromatic carbocycles. The molecule has 2 heterocycles. The molecule has 1 aromatic rings. The third-order valence-electron chi connectivity index (χ3n) is 5.52. The molecule has 4 nitrogen and oxygen atoms in total. The van der Waals surface area contributed by atoms with Crippen molar-refractivity contribution in [3.05, 3.63) is 77.5 Å². The van der Waals surface area contributed by atoms with Crippen LogP contribution in [0.4, 0.5) is 0 Å². The summed E-state index contributed by atoms with van der Waals surface area (Å²) in [7, 11) is 4.34. The molecule has 1 aliphatic carbocycles. The molecule has 1 atom stereocenters. The zero-order valence-corrected chi connectivity index (χ0v) is 16.2. The van der Waals surface area contributed by atoms with Crippen LogP contribution < -0.4 is 0 Å². The molecule has 0 saturated carbocycles. The zero-order valence-electron chi connectivity index (χ0n) is 16.2. The van der Waals surface area contributed by atoms with E-state index < -0.39 is 0 Å². The highest BCUT2D eigenvalue weighted by Crippen LogP contribution is 2.30. The Morgan fingerprint density at radius 1 is 1.11 bits per heavy atom. The smallest absolute Gasteiger partial charge is 0.169 e. The number of allylic oxidation sites excluding steroid dienone is 4. The quantitative estimate of drug-likeness (QED) is 0.778. The molecule has 0 N–H and O–H groups in total. The first-order chi connectivity index (χ1) is 13.2. The van der Waals surface area contributed by atoms with Gasteiger partial charge in [-0.15, -0.1) is 0 Å². The lowest BCUT2D eigenvalue weighted by Gasteiger charge is -2.21. The van der Waals surface area contributed by atoms with E-state index in [0.29, 0.717) is 6.04 Å². The molecule has 0 spiro atoms. The normalized spacial score (nSPS) is 22.8. The third kappa shape index (κ3) is 4.34. The average molecular weight is 364 g/mol. The lowest BCUT2D eigenvalue weighted by atomic mass is 10.0. The molecule has 0 radical (unpaired) electrons. The highest BCUT2D eigenvalue weighted by Gasteiger charge is 2.23. The first-order valence-corrected chi connectivity index (χ1v) is 9.77. The first-order valence-electron chi connectivity index (χ1n) is 9.77. The number of hydrogen-bond donors (Lipinski definition) is 0. The maximum Gasteiger partial charge on any atom is 0.169 e. The Morgan fingerprint density at radius 2 is 1.93 bits per heavy atom. The van der Waals surface area contributed by atoms with Crippen LogP contribution in [-0.4, -0.2) is 43.0 Å². The molecular weight excluding hydrogens is 336 g/mol. The Hall–Kier alpha value is -2.30. The number of likely N-dealkylation sites (N-methyl/N-ethyl adjacent to an activating group) is 1. The molecule has 1 saturated heterocycles. The highest BCUT2D eigenvalue weighted by atomic mass is 16.5. The Morgan fingerprint density at radius 3 is 2.63 bits per heavy atom. The van der Waals surface area contributed by atoms with Crippen molar-refractivity contribution in [2.24, 2.45) is 0 Å². The van der Waals surface area contributed by atoms with Gasteiger partial charge in [-0.1, -0.05) is 42.5 Å². The number of ether oxygens (including phenoxy) is 2. The number of benzene rings is 1. The van der Waals surface area contributed by atoms with Gasteiger partial charge in [-0.3, -0.25) is 4.90 Å². The van der Waals surface area contributed by atoms with E-state index in [2.05, 4.69) is 66.4 Å². The molecular formula is C23H28N2O2. The maximum atomic E-state index is 6.10. The van der Waals surface area contributed by atoms with E-state index in [1.807, 2.05) is 0 Å². The maximum absolute atomic E-state index is 6.10. The number of nitrogens with zero attached hydrogens (tertiary/aromatic N) is 2. The largest absolute Gasteiger partial charge is 0.465 e. The minimum Gasteiger partial charge on any atom is -0.465 e. The molecule has 0 amide bonds. The molecule has 3 aliphatic rings. The SMILES string of the molecule is CN(C)C1CCN(Cc2ccc(C3=COC=C(C4=CC=CCC4)O3)cc2)C1. The summed E-state index contributed by atoms with van der Waals surface area (Å²) >= 11 is 0. The van der Waals surface area contributed by atoms with Gasteiger partial charge in [-0.25, -0.2) is 0 Å². The summed E-state index contributed by atoms with van der Waals surface area (Å²) in [5.41, 5.74) is 3.57. The predicted molar refractivity (Wildman–Crippen MR) is 108 cm³/mol. The van der Waals surface area contributed by atoms with Gasteiger partial charge >= 0.3 is 0 Å². The first kappa shape index (κ1) is 18.1. The Bertz CT molecular complexity index is 787. The van der Waals surface area contributed by atoms with Crippen LogP contribution in [0.3, 0.4) is 0 Å². The van der Waals surface area contributed by atoms with Crippen LogP contribution in [0.5, 0.6) is 0 Å². The summed E-state index contributed by atoms with van der Waals surface area (Å²) in [6.07, 6.45) is 13.0. The van der Waals surface area contributed by atoms with Crippen LogP contribution in [0.1, 0.15) is 30.4 Å². The monoisotopic (exact) mass is 364 g/mol. The van der Waals surface area contributed by atoms with Crippen molar-refractivity contribution in [1.82, 2.24) is 9.80 Å². The fourth-order valence-corrected chi connectivity index (χ4v) is 3.81. The van der Waals surface area contributed by atoms with Crippen LogP contribution in [-0.2, 0) is 16.0 Å². The topological polar surface area (TPSA) is 24.9 Å². The van der Waals surface area contributed by atoms with Crippen LogP contribution in [0.15, 0.2) is 66.3 Å². The summed E-state index contributed by atoms with van der Waals surface area (Å²) < 4.78 is 11.7. The molecule has 0 bridgehead atoms. The van der Waals surface area contributed by atoms with Crippen molar-refractivity contribution < 1.29 is 9.47 Å². The summed E-state index contributed by atoms with van der Waals surface area (Å²) in [4.78, 5) is 4.86. The van der Waals surface area contributed by atoms with Crippen LogP contribution in [0.2, 0.25) is 0 Å². The van der Waals surface area contributed by atoms with Gasteiger partial charge in [0.05, 0.1) is 0 Å². The van der Waals surface area contributed by atoms with Crippen molar-refractivity contribution in [3.63, 3.8) is 0 Å². The Balaban J connectivity index is 1.37. The minimum absolute atomic E-state index is 0.677. The fourth-order valence-electron chi connectivity index (χ4n) is 3.81. The van der Waals surface area contributed by atoms with Gasteiger partial charge in [-0.05, 0) is 44.5 Å². The second kappa shape index (κ2) is 8.15. The second-order valence-corrected chi connectivity index (χ2v) is 7.70. The van der Waals surface area contributed by atoms with Gasteiger partial charge in [0.1, 0.15) is 12.5 Å². The molecule has 1 unspecified atom stereocenters. The molecule has 0 aromatic heterocycles. The summed E-state index contributed by atoms with van der Waals surface area (Å²) in [5.74, 6) is 1.58. The molecule has 142 valence electrons. The summed E-state index contributed by atoms with van der Waals surface area (Å²) in [6, 6.07) is 9.33. The van der Waals surface area contributed by atoms with Crippen LogP contribution in [0, 0.1) is 0 Å². The third-order valence-corrected chi connectivity index (χ3v) is 5.52. The van der Waals surface area contributed by atoms with Crippen LogP contribution in [0.25, 0.3) is 5.76 Å². The van der Waals surface area contributed by atoms with E-state index in [0.717, 1.165) is 43.0 Å². The second-order valence-electron chi connectivity index (χ2n) is 7.70. The van der Waals surface area contributed by atoms with E-state index in [9.17, 15) is 0 Å². The summed E-state index contributed by atoms with van der Waals surface area (Å²) in [5, 5.41) is 0. The van der Waals surface area contributed by atoms with E-state index in [-0.39, 0.29) is 0 Å². The molecule has 27 heavy (non-hydrogen) atoms. The summed E-state index contributed by atoms with van der Waals surface area (Å²) in [6.45, 7) is 3.32. The van der Waals surface area contributed by atoms with E-state index in [1.165, 1.54) is 24.1 Å². The van der Waals surface area contributed by atoms with E-state index >= 15 is 0 Å².